The van der Waals surface area contributed by atoms with Crippen LogP contribution >= 0.6 is 0 Å². The maximum atomic E-state index is 12.2. The number of carbonyl (C=O) groups excluding carboxylic acids is 1. The molecule has 1 unspecified atom stereocenters. The minimum atomic E-state index is -0.626. The Morgan fingerprint density at radius 3 is 2.73 bits per heavy atom. The van der Waals surface area contributed by atoms with Crippen molar-refractivity contribution in [3.8, 4) is 6.07 Å². The number of hydrogen-bond donors (Lipinski definition) is 0. The van der Waals surface area contributed by atoms with Crippen molar-refractivity contribution in [1.29, 1.82) is 5.26 Å². The first kappa shape index (κ1) is 10.5. The highest BCUT2D eigenvalue weighted by atomic mass is 16.2. The molecule has 15 heavy (non-hydrogen) atoms. The zero-order valence-corrected chi connectivity index (χ0v) is 9.33. The summed E-state index contributed by atoms with van der Waals surface area (Å²) in [6, 6.07) is 2.52. The molecule has 2 rings (SSSR count). The molecule has 82 valence electrons. The zero-order valence-electron chi connectivity index (χ0n) is 9.33. The van der Waals surface area contributed by atoms with Crippen LogP contribution < -0.4 is 0 Å². The first-order chi connectivity index (χ1) is 7.19. The lowest BCUT2D eigenvalue weighted by Gasteiger charge is -2.28. The molecule has 1 heterocycles. The van der Waals surface area contributed by atoms with Crippen molar-refractivity contribution >= 4 is 5.91 Å². The van der Waals surface area contributed by atoms with Gasteiger partial charge in [-0.3, -0.25) is 4.79 Å². The van der Waals surface area contributed by atoms with Crippen molar-refractivity contribution in [3.63, 3.8) is 0 Å². The van der Waals surface area contributed by atoms with Gasteiger partial charge in [-0.05, 0) is 32.6 Å². The summed E-state index contributed by atoms with van der Waals surface area (Å²) in [6.45, 7) is 2.96. The molecule has 0 radical (unpaired) electrons. The summed E-state index contributed by atoms with van der Waals surface area (Å²) in [5.41, 5.74) is -0.626. The molecule has 1 aliphatic heterocycles. The number of likely N-dealkylation sites (tertiary alicyclic amines) is 1. The number of rotatable bonds is 1. The third-order valence-corrected chi connectivity index (χ3v) is 3.69. The van der Waals surface area contributed by atoms with E-state index in [9.17, 15) is 4.79 Å². The van der Waals surface area contributed by atoms with Gasteiger partial charge in [-0.25, -0.2) is 0 Å². The summed E-state index contributed by atoms with van der Waals surface area (Å²) in [5.74, 6) is 0.0967. The zero-order chi connectivity index (χ0) is 10.9. The number of amides is 1. The summed E-state index contributed by atoms with van der Waals surface area (Å²) in [7, 11) is 0. The highest BCUT2D eigenvalue weighted by Gasteiger charge is 2.53. The Morgan fingerprint density at radius 1 is 1.40 bits per heavy atom. The molecule has 0 spiro atoms. The first-order valence-corrected chi connectivity index (χ1v) is 5.92. The average Bonchev–Trinajstić information content (AvgIpc) is 3.02. The highest BCUT2D eigenvalue weighted by molar-refractivity contribution is 5.88. The van der Waals surface area contributed by atoms with Crippen molar-refractivity contribution in [2.75, 3.05) is 6.54 Å². The van der Waals surface area contributed by atoms with Gasteiger partial charge in [0.05, 0.1) is 6.07 Å². The van der Waals surface area contributed by atoms with Crippen LogP contribution in [0.5, 0.6) is 0 Å². The molecule has 2 fully saturated rings. The van der Waals surface area contributed by atoms with Gasteiger partial charge in [-0.15, -0.1) is 0 Å². The molecule has 3 nitrogen and oxygen atoms in total. The second kappa shape index (κ2) is 3.84. The van der Waals surface area contributed by atoms with E-state index in [1.54, 1.807) is 0 Å². The van der Waals surface area contributed by atoms with Crippen molar-refractivity contribution in [1.82, 2.24) is 4.90 Å². The molecule has 0 aromatic carbocycles. The van der Waals surface area contributed by atoms with Gasteiger partial charge < -0.3 is 4.90 Å². The van der Waals surface area contributed by atoms with Gasteiger partial charge in [-0.1, -0.05) is 12.8 Å². The SMILES string of the molecule is CC1CCCCCN1C(=O)C1(C#N)CC1. The molecular formula is C12H18N2O. The van der Waals surface area contributed by atoms with E-state index in [-0.39, 0.29) is 5.91 Å². The third-order valence-electron chi connectivity index (χ3n) is 3.69. The Kier molecular flexibility index (Phi) is 2.68. The van der Waals surface area contributed by atoms with E-state index in [0.29, 0.717) is 6.04 Å². The highest BCUT2D eigenvalue weighted by Crippen LogP contribution is 2.47. The van der Waals surface area contributed by atoms with E-state index >= 15 is 0 Å². The van der Waals surface area contributed by atoms with Crippen molar-refractivity contribution in [2.24, 2.45) is 5.41 Å². The van der Waals surface area contributed by atoms with Crippen LogP contribution in [0.25, 0.3) is 0 Å². The summed E-state index contributed by atoms with van der Waals surface area (Å²) in [6.07, 6.45) is 6.15. The fourth-order valence-corrected chi connectivity index (χ4v) is 2.35. The second-order valence-corrected chi connectivity index (χ2v) is 4.89. The van der Waals surface area contributed by atoms with E-state index in [4.69, 9.17) is 5.26 Å². The Bertz CT molecular complexity index is 301. The van der Waals surface area contributed by atoms with E-state index in [1.165, 1.54) is 12.8 Å². The number of nitriles is 1. The molecule has 0 N–H and O–H groups in total. The maximum Gasteiger partial charge on any atom is 0.243 e. The monoisotopic (exact) mass is 206 g/mol. The normalized spacial score (nSPS) is 29.1. The molecule has 0 bridgehead atoms. The predicted octanol–water partition coefficient (Wildman–Crippen LogP) is 2.08. The number of nitrogens with zero attached hydrogens (tertiary/aromatic N) is 2. The number of carbonyl (C=O) groups is 1. The Hall–Kier alpha value is -1.04. The largest absolute Gasteiger partial charge is 0.339 e. The van der Waals surface area contributed by atoms with E-state index in [1.807, 2.05) is 4.90 Å². The van der Waals surface area contributed by atoms with Gasteiger partial charge in [0.1, 0.15) is 5.41 Å². The van der Waals surface area contributed by atoms with Crippen LogP contribution in [0.2, 0.25) is 0 Å². The third kappa shape index (κ3) is 1.86. The molecular weight excluding hydrogens is 188 g/mol. The van der Waals surface area contributed by atoms with Gasteiger partial charge in [0, 0.05) is 12.6 Å². The smallest absolute Gasteiger partial charge is 0.243 e. The molecule has 2 aliphatic rings. The van der Waals surface area contributed by atoms with Gasteiger partial charge in [0.25, 0.3) is 0 Å². The predicted molar refractivity (Wildman–Crippen MR) is 56.9 cm³/mol. The van der Waals surface area contributed by atoms with Gasteiger partial charge in [-0.2, -0.15) is 5.26 Å². The molecule has 1 saturated carbocycles. The summed E-state index contributed by atoms with van der Waals surface area (Å²) in [5, 5.41) is 9.02. The fourth-order valence-electron chi connectivity index (χ4n) is 2.35. The van der Waals surface area contributed by atoms with Crippen LogP contribution in [-0.2, 0) is 4.79 Å². The van der Waals surface area contributed by atoms with E-state index in [2.05, 4.69) is 13.0 Å². The topological polar surface area (TPSA) is 44.1 Å². The standard InChI is InChI=1S/C12H18N2O/c1-10-5-3-2-4-8-14(10)11(15)12(9-13)6-7-12/h10H,2-8H2,1H3. The molecule has 0 aromatic heterocycles. The van der Waals surface area contributed by atoms with Crippen molar-refractivity contribution in [3.05, 3.63) is 0 Å². The van der Waals surface area contributed by atoms with Gasteiger partial charge in [0.2, 0.25) is 5.91 Å². The minimum absolute atomic E-state index is 0.0967. The lowest BCUT2D eigenvalue weighted by molar-refractivity contribution is -0.136. The van der Waals surface area contributed by atoms with Crippen LogP contribution in [0.3, 0.4) is 0 Å². The van der Waals surface area contributed by atoms with Crippen LogP contribution in [0.1, 0.15) is 45.4 Å². The fraction of sp³-hybridized carbons (Fsp3) is 0.833. The van der Waals surface area contributed by atoms with E-state index < -0.39 is 5.41 Å². The Labute approximate surface area is 91.1 Å². The van der Waals surface area contributed by atoms with Crippen LogP contribution in [0.15, 0.2) is 0 Å². The van der Waals surface area contributed by atoms with Crippen molar-refractivity contribution < 1.29 is 4.79 Å². The van der Waals surface area contributed by atoms with Crippen LogP contribution in [-0.4, -0.2) is 23.4 Å². The Balaban J connectivity index is 2.08. The minimum Gasteiger partial charge on any atom is -0.339 e. The molecule has 1 saturated heterocycles. The quantitative estimate of drug-likeness (QED) is 0.659. The van der Waals surface area contributed by atoms with Crippen LogP contribution in [0, 0.1) is 16.7 Å². The van der Waals surface area contributed by atoms with Crippen LogP contribution in [0.4, 0.5) is 0 Å². The van der Waals surface area contributed by atoms with Gasteiger partial charge in [0.15, 0.2) is 0 Å². The summed E-state index contributed by atoms with van der Waals surface area (Å²) >= 11 is 0. The molecule has 0 aromatic rings. The second-order valence-electron chi connectivity index (χ2n) is 4.89. The molecule has 3 heteroatoms. The first-order valence-electron chi connectivity index (χ1n) is 5.92. The average molecular weight is 206 g/mol. The maximum absolute atomic E-state index is 12.2. The lowest BCUT2D eigenvalue weighted by Crippen LogP contribution is -2.42. The molecule has 1 amide bonds. The lowest BCUT2D eigenvalue weighted by atomic mass is 10.1. The Morgan fingerprint density at radius 2 is 2.13 bits per heavy atom. The van der Waals surface area contributed by atoms with Gasteiger partial charge >= 0.3 is 0 Å². The number of hydrogen-bond acceptors (Lipinski definition) is 2. The molecule has 1 aliphatic carbocycles. The molecule has 1 atom stereocenters. The summed E-state index contributed by atoms with van der Waals surface area (Å²) < 4.78 is 0. The van der Waals surface area contributed by atoms with E-state index in [0.717, 1.165) is 32.2 Å². The van der Waals surface area contributed by atoms with Crippen molar-refractivity contribution in [2.45, 2.75) is 51.5 Å². The summed E-state index contributed by atoms with van der Waals surface area (Å²) in [4.78, 5) is 14.1.